The average Bonchev–Trinajstić information content (AvgIpc) is 2.68. The number of carboxylic acid groups (broad SMARTS) is 1. The van der Waals surface area contributed by atoms with Crippen LogP contribution in [0.25, 0.3) is 0 Å². The van der Waals surface area contributed by atoms with E-state index in [9.17, 15) is 4.79 Å². The van der Waals surface area contributed by atoms with Crippen molar-refractivity contribution in [3.8, 4) is 0 Å². The molecule has 0 aromatic carbocycles. The molecule has 1 aromatic rings. The Balaban J connectivity index is 2.11. The van der Waals surface area contributed by atoms with Crippen LogP contribution in [-0.2, 0) is 0 Å². The van der Waals surface area contributed by atoms with Gasteiger partial charge in [0, 0.05) is 6.54 Å². The summed E-state index contributed by atoms with van der Waals surface area (Å²) >= 11 is 0. The number of nitrogens with one attached hydrogen (secondary N) is 1. The van der Waals surface area contributed by atoms with Gasteiger partial charge in [-0.2, -0.15) is 0 Å². The number of rotatable bonds is 2. The number of aromatic carboxylic acids is 1. The number of hydrogen-bond donors (Lipinski definition) is 2. The van der Waals surface area contributed by atoms with E-state index < -0.39 is 5.97 Å². The van der Waals surface area contributed by atoms with Crippen LogP contribution in [0.1, 0.15) is 29.4 Å². The highest BCUT2D eigenvalue weighted by Gasteiger charge is 2.17. The van der Waals surface area contributed by atoms with Crippen molar-refractivity contribution in [2.24, 2.45) is 0 Å². The Morgan fingerprint density at radius 3 is 3.14 bits per heavy atom. The molecule has 0 saturated carbocycles. The average molecular weight is 196 g/mol. The second-order valence-electron chi connectivity index (χ2n) is 3.39. The summed E-state index contributed by atoms with van der Waals surface area (Å²) in [5.41, 5.74) is 0.00979. The van der Waals surface area contributed by atoms with Crippen molar-refractivity contribution in [3.63, 3.8) is 0 Å². The predicted molar refractivity (Wildman–Crippen MR) is 48.1 cm³/mol. The molecule has 14 heavy (non-hydrogen) atoms. The van der Waals surface area contributed by atoms with Crippen molar-refractivity contribution in [2.45, 2.75) is 18.9 Å². The minimum atomic E-state index is -1.03. The van der Waals surface area contributed by atoms with Crippen LogP contribution in [-0.4, -0.2) is 39.2 Å². The topological polar surface area (TPSA) is 80.0 Å². The highest BCUT2D eigenvalue weighted by Crippen LogP contribution is 2.14. The number of carboxylic acids is 1. The molecule has 0 bridgehead atoms. The zero-order chi connectivity index (χ0) is 9.97. The van der Waals surface area contributed by atoms with Crippen LogP contribution in [0.3, 0.4) is 0 Å². The third-order valence-corrected chi connectivity index (χ3v) is 2.37. The maximum atomic E-state index is 10.6. The van der Waals surface area contributed by atoms with Crippen LogP contribution < -0.4 is 5.32 Å². The fourth-order valence-electron chi connectivity index (χ4n) is 1.61. The van der Waals surface area contributed by atoms with E-state index in [0.29, 0.717) is 0 Å². The van der Waals surface area contributed by atoms with Gasteiger partial charge in [0.05, 0.1) is 12.2 Å². The standard InChI is InChI=1S/C8H12N4O2/c13-8(14)7-5-12(11-10-7)6-2-1-3-9-4-6/h5-6,9H,1-4H2,(H,13,14)/t6-/m0/s1. The molecule has 1 saturated heterocycles. The van der Waals surface area contributed by atoms with Gasteiger partial charge in [-0.05, 0) is 19.4 Å². The Hall–Kier alpha value is -1.43. The Kier molecular flexibility index (Phi) is 2.45. The van der Waals surface area contributed by atoms with E-state index in [-0.39, 0.29) is 11.7 Å². The van der Waals surface area contributed by atoms with Crippen LogP contribution in [0.15, 0.2) is 6.20 Å². The first-order chi connectivity index (χ1) is 6.77. The van der Waals surface area contributed by atoms with Gasteiger partial charge in [0.1, 0.15) is 0 Å². The molecule has 76 valence electrons. The molecule has 6 heteroatoms. The van der Waals surface area contributed by atoms with E-state index in [4.69, 9.17) is 5.11 Å². The summed E-state index contributed by atoms with van der Waals surface area (Å²) in [6.07, 6.45) is 3.60. The van der Waals surface area contributed by atoms with Crippen molar-refractivity contribution in [1.29, 1.82) is 0 Å². The number of nitrogens with zero attached hydrogens (tertiary/aromatic N) is 3. The lowest BCUT2D eigenvalue weighted by Gasteiger charge is -2.22. The molecule has 2 heterocycles. The quantitative estimate of drug-likeness (QED) is 0.690. The molecule has 0 spiro atoms. The van der Waals surface area contributed by atoms with E-state index in [1.165, 1.54) is 6.20 Å². The number of carbonyl (C=O) groups is 1. The van der Waals surface area contributed by atoms with Gasteiger partial charge >= 0.3 is 5.97 Å². The summed E-state index contributed by atoms with van der Waals surface area (Å²) in [5.74, 6) is -1.03. The van der Waals surface area contributed by atoms with Crippen LogP contribution in [0.5, 0.6) is 0 Å². The SMILES string of the molecule is O=C(O)c1cn([C@H]2CCCNC2)nn1. The van der Waals surface area contributed by atoms with Gasteiger partial charge in [0.15, 0.2) is 5.69 Å². The summed E-state index contributed by atoms with van der Waals surface area (Å²) in [6, 6.07) is 0.240. The lowest BCUT2D eigenvalue weighted by Crippen LogP contribution is -2.31. The van der Waals surface area contributed by atoms with Crippen molar-refractivity contribution in [1.82, 2.24) is 20.3 Å². The fraction of sp³-hybridized carbons (Fsp3) is 0.625. The molecule has 0 unspecified atom stereocenters. The van der Waals surface area contributed by atoms with Crippen molar-refractivity contribution < 1.29 is 9.90 Å². The minimum absolute atomic E-state index is 0.00979. The van der Waals surface area contributed by atoms with Crippen molar-refractivity contribution >= 4 is 5.97 Å². The molecular weight excluding hydrogens is 184 g/mol. The molecule has 1 aliphatic heterocycles. The first-order valence-electron chi connectivity index (χ1n) is 4.63. The highest BCUT2D eigenvalue weighted by molar-refractivity contribution is 5.84. The van der Waals surface area contributed by atoms with Gasteiger partial charge in [-0.3, -0.25) is 0 Å². The highest BCUT2D eigenvalue weighted by atomic mass is 16.4. The number of hydrogen-bond acceptors (Lipinski definition) is 4. The third-order valence-electron chi connectivity index (χ3n) is 2.37. The van der Waals surface area contributed by atoms with E-state index in [0.717, 1.165) is 25.9 Å². The molecule has 1 atom stereocenters. The van der Waals surface area contributed by atoms with Crippen molar-refractivity contribution in [3.05, 3.63) is 11.9 Å². The van der Waals surface area contributed by atoms with Crippen LogP contribution in [0.2, 0.25) is 0 Å². The Morgan fingerprint density at radius 1 is 1.71 bits per heavy atom. The van der Waals surface area contributed by atoms with E-state index in [1.807, 2.05) is 0 Å². The van der Waals surface area contributed by atoms with Crippen LogP contribution >= 0.6 is 0 Å². The Bertz CT molecular complexity index is 330. The zero-order valence-electron chi connectivity index (χ0n) is 7.68. The van der Waals surface area contributed by atoms with Crippen molar-refractivity contribution in [2.75, 3.05) is 13.1 Å². The number of piperidine rings is 1. The molecule has 0 radical (unpaired) electrons. The first kappa shape index (κ1) is 9.14. The summed E-state index contributed by atoms with van der Waals surface area (Å²) in [5, 5.41) is 19.3. The van der Waals surface area contributed by atoms with E-state index >= 15 is 0 Å². The van der Waals surface area contributed by atoms with Gasteiger partial charge in [0.2, 0.25) is 0 Å². The van der Waals surface area contributed by atoms with Crippen LogP contribution in [0.4, 0.5) is 0 Å². The second kappa shape index (κ2) is 3.75. The maximum absolute atomic E-state index is 10.6. The van der Waals surface area contributed by atoms with Crippen LogP contribution in [0, 0.1) is 0 Å². The zero-order valence-corrected chi connectivity index (χ0v) is 7.68. The Morgan fingerprint density at radius 2 is 2.57 bits per heavy atom. The van der Waals surface area contributed by atoms with Gasteiger partial charge < -0.3 is 10.4 Å². The van der Waals surface area contributed by atoms with Gasteiger partial charge in [-0.1, -0.05) is 5.21 Å². The fourth-order valence-corrected chi connectivity index (χ4v) is 1.61. The molecule has 0 amide bonds. The molecule has 2 N–H and O–H groups in total. The lowest BCUT2D eigenvalue weighted by atomic mass is 10.1. The molecule has 1 aliphatic rings. The Labute approximate surface area is 80.9 Å². The maximum Gasteiger partial charge on any atom is 0.358 e. The summed E-state index contributed by atoms with van der Waals surface area (Å²) in [4.78, 5) is 10.6. The second-order valence-corrected chi connectivity index (χ2v) is 3.39. The molecular formula is C8H12N4O2. The molecule has 1 fully saturated rings. The minimum Gasteiger partial charge on any atom is -0.476 e. The van der Waals surface area contributed by atoms with Gasteiger partial charge in [0.25, 0.3) is 0 Å². The molecule has 2 rings (SSSR count). The molecule has 6 nitrogen and oxygen atoms in total. The third kappa shape index (κ3) is 1.74. The van der Waals surface area contributed by atoms with Gasteiger partial charge in [-0.25, -0.2) is 9.48 Å². The summed E-state index contributed by atoms with van der Waals surface area (Å²) < 4.78 is 1.63. The largest absolute Gasteiger partial charge is 0.476 e. The smallest absolute Gasteiger partial charge is 0.358 e. The summed E-state index contributed by atoms with van der Waals surface area (Å²) in [6.45, 7) is 1.86. The predicted octanol–water partition coefficient (Wildman–Crippen LogP) is -0.0992. The normalized spacial score (nSPS) is 22.1. The first-order valence-corrected chi connectivity index (χ1v) is 4.63. The van der Waals surface area contributed by atoms with E-state index in [2.05, 4.69) is 15.6 Å². The molecule has 1 aromatic heterocycles. The number of aromatic nitrogens is 3. The monoisotopic (exact) mass is 196 g/mol. The molecule has 0 aliphatic carbocycles. The summed E-state index contributed by atoms with van der Waals surface area (Å²) in [7, 11) is 0. The lowest BCUT2D eigenvalue weighted by molar-refractivity contribution is 0.0690. The van der Waals surface area contributed by atoms with Gasteiger partial charge in [-0.15, -0.1) is 5.10 Å². The van der Waals surface area contributed by atoms with E-state index in [1.54, 1.807) is 4.68 Å².